The second kappa shape index (κ2) is 5.82. The normalized spacial score (nSPS) is 12.9. The van der Waals surface area contributed by atoms with Crippen molar-refractivity contribution in [1.29, 1.82) is 0 Å². The van der Waals surface area contributed by atoms with Gasteiger partial charge in [-0.15, -0.1) is 22.7 Å². The Labute approximate surface area is 121 Å². The molecule has 3 aromatic heterocycles. The van der Waals surface area contributed by atoms with Crippen LogP contribution in [-0.4, -0.2) is 11.5 Å². The first-order chi connectivity index (χ1) is 9.38. The maximum absolute atomic E-state index is 4.25. The van der Waals surface area contributed by atoms with Crippen molar-refractivity contribution in [3.8, 4) is 0 Å². The summed E-state index contributed by atoms with van der Waals surface area (Å²) in [6.45, 7) is 3.21. The standard InChI is InChI=1S/C15H16N2S2/c1-2-6-17-15(11-4-3-7-16-10-11)14-9-13-12(19-14)5-8-18-13/h3-5,7-10,15,17H,2,6H2,1H3. The smallest absolute Gasteiger partial charge is 0.0686 e. The number of nitrogens with one attached hydrogen (secondary N) is 1. The molecule has 0 aromatic carbocycles. The van der Waals surface area contributed by atoms with Gasteiger partial charge in [-0.05, 0) is 42.1 Å². The van der Waals surface area contributed by atoms with Crippen molar-refractivity contribution in [2.45, 2.75) is 19.4 Å². The predicted molar refractivity (Wildman–Crippen MR) is 84.1 cm³/mol. The molecule has 0 aliphatic carbocycles. The summed E-state index contributed by atoms with van der Waals surface area (Å²) in [4.78, 5) is 5.63. The Kier molecular flexibility index (Phi) is 3.92. The van der Waals surface area contributed by atoms with Crippen LogP contribution in [0.3, 0.4) is 0 Å². The van der Waals surface area contributed by atoms with Crippen LogP contribution in [0.25, 0.3) is 9.40 Å². The van der Waals surface area contributed by atoms with E-state index in [9.17, 15) is 0 Å². The fourth-order valence-corrected chi connectivity index (χ4v) is 4.37. The zero-order chi connectivity index (χ0) is 13.1. The fraction of sp³-hybridized carbons (Fsp3) is 0.267. The highest BCUT2D eigenvalue weighted by atomic mass is 32.1. The summed E-state index contributed by atoms with van der Waals surface area (Å²) in [6, 6.07) is 8.93. The molecule has 4 heteroatoms. The van der Waals surface area contributed by atoms with Gasteiger partial charge in [0.05, 0.1) is 6.04 Å². The third kappa shape index (κ3) is 2.71. The van der Waals surface area contributed by atoms with Crippen LogP contribution in [0.4, 0.5) is 0 Å². The van der Waals surface area contributed by atoms with Crippen molar-refractivity contribution in [3.63, 3.8) is 0 Å². The SMILES string of the molecule is CCCNC(c1cccnc1)c1cc2sccc2s1. The van der Waals surface area contributed by atoms with E-state index in [0.717, 1.165) is 13.0 Å². The number of thiophene rings is 2. The largest absolute Gasteiger partial charge is 0.306 e. The van der Waals surface area contributed by atoms with Crippen molar-refractivity contribution >= 4 is 32.1 Å². The third-order valence-corrected chi connectivity index (χ3v) is 5.22. The molecule has 0 aliphatic rings. The van der Waals surface area contributed by atoms with Gasteiger partial charge in [0, 0.05) is 26.7 Å². The number of fused-ring (bicyclic) bond motifs is 1. The second-order valence-corrected chi connectivity index (χ2v) is 6.53. The van der Waals surface area contributed by atoms with E-state index >= 15 is 0 Å². The van der Waals surface area contributed by atoms with E-state index in [1.807, 2.05) is 41.1 Å². The third-order valence-electron chi connectivity index (χ3n) is 3.06. The second-order valence-electron chi connectivity index (χ2n) is 4.47. The molecular formula is C15H16N2S2. The first kappa shape index (κ1) is 12.8. The van der Waals surface area contributed by atoms with Gasteiger partial charge in [0.2, 0.25) is 0 Å². The summed E-state index contributed by atoms with van der Waals surface area (Å²) in [5.74, 6) is 0. The predicted octanol–water partition coefficient (Wildman–Crippen LogP) is 4.45. The molecule has 2 nitrogen and oxygen atoms in total. The lowest BCUT2D eigenvalue weighted by molar-refractivity contribution is 0.604. The van der Waals surface area contributed by atoms with Crippen LogP contribution >= 0.6 is 22.7 Å². The van der Waals surface area contributed by atoms with Gasteiger partial charge in [0.1, 0.15) is 0 Å². The maximum atomic E-state index is 4.25. The number of pyridine rings is 1. The van der Waals surface area contributed by atoms with Crippen LogP contribution < -0.4 is 5.32 Å². The van der Waals surface area contributed by atoms with Crippen molar-refractivity contribution in [3.05, 3.63) is 52.5 Å². The van der Waals surface area contributed by atoms with Gasteiger partial charge in [-0.2, -0.15) is 0 Å². The van der Waals surface area contributed by atoms with E-state index in [2.05, 4.69) is 40.8 Å². The van der Waals surface area contributed by atoms with Crippen molar-refractivity contribution in [1.82, 2.24) is 10.3 Å². The molecule has 0 fully saturated rings. The summed E-state index contributed by atoms with van der Waals surface area (Å²) in [7, 11) is 0. The van der Waals surface area contributed by atoms with E-state index in [1.165, 1.54) is 19.8 Å². The molecule has 0 amide bonds. The highest BCUT2D eigenvalue weighted by molar-refractivity contribution is 7.27. The molecule has 1 N–H and O–H groups in total. The molecule has 3 heterocycles. The Bertz CT molecular complexity index is 614. The molecule has 1 unspecified atom stereocenters. The van der Waals surface area contributed by atoms with Gasteiger partial charge in [-0.25, -0.2) is 0 Å². The highest BCUT2D eigenvalue weighted by Gasteiger charge is 2.16. The summed E-state index contributed by atoms with van der Waals surface area (Å²) in [6.07, 6.45) is 4.92. The van der Waals surface area contributed by atoms with E-state index in [1.54, 1.807) is 0 Å². The van der Waals surface area contributed by atoms with Gasteiger partial charge < -0.3 is 5.32 Å². The minimum atomic E-state index is 0.262. The van der Waals surface area contributed by atoms with Crippen LogP contribution in [0.1, 0.15) is 29.8 Å². The molecule has 0 radical (unpaired) electrons. The molecular weight excluding hydrogens is 272 g/mol. The lowest BCUT2D eigenvalue weighted by atomic mass is 10.1. The van der Waals surface area contributed by atoms with Gasteiger partial charge in [0.15, 0.2) is 0 Å². The molecule has 0 saturated carbocycles. The van der Waals surface area contributed by atoms with Gasteiger partial charge in [-0.1, -0.05) is 13.0 Å². The summed E-state index contributed by atoms with van der Waals surface area (Å²) < 4.78 is 2.76. The summed E-state index contributed by atoms with van der Waals surface area (Å²) in [5.41, 5.74) is 1.24. The molecule has 0 spiro atoms. The lowest BCUT2D eigenvalue weighted by Gasteiger charge is -2.17. The maximum Gasteiger partial charge on any atom is 0.0686 e. The summed E-state index contributed by atoms with van der Waals surface area (Å²) >= 11 is 3.69. The topological polar surface area (TPSA) is 24.9 Å². The molecule has 0 bridgehead atoms. The molecule has 3 aromatic rings. The van der Waals surface area contributed by atoms with Gasteiger partial charge >= 0.3 is 0 Å². The number of nitrogens with zero attached hydrogens (tertiary/aromatic N) is 1. The lowest BCUT2D eigenvalue weighted by Crippen LogP contribution is -2.22. The molecule has 98 valence electrons. The van der Waals surface area contributed by atoms with E-state index in [0.29, 0.717) is 0 Å². The average Bonchev–Trinajstić information content (AvgIpc) is 3.02. The zero-order valence-electron chi connectivity index (χ0n) is 10.8. The quantitative estimate of drug-likeness (QED) is 0.750. The Balaban J connectivity index is 1.96. The van der Waals surface area contributed by atoms with Gasteiger partial charge in [0.25, 0.3) is 0 Å². The number of hydrogen-bond donors (Lipinski definition) is 1. The van der Waals surface area contributed by atoms with E-state index < -0.39 is 0 Å². The first-order valence-electron chi connectivity index (χ1n) is 6.48. The van der Waals surface area contributed by atoms with Crippen LogP contribution in [0, 0.1) is 0 Å². The first-order valence-corrected chi connectivity index (χ1v) is 8.18. The number of hydrogen-bond acceptors (Lipinski definition) is 4. The average molecular weight is 288 g/mol. The van der Waals surface area contributed by atoms with Crippen molar-refractivity contribution < 1.29 is 0 Å². The molecule has 0 saturated heterocycles. The Morgan fingerprint density at radius 1 is 1.32 bits per heavy atom. The monoisotopic (exact) mass is 288 g/mol. The van der Waals surface area contributed by atoms with Crippen molar-refractivity contribution in [2.75, 3.05) is 6.54 Å². The number of aromatic nitrogens is 1. The zero-order valence-corrected chi connectivity index (χ0v) is 12.4. The minimum Gasteiger partial charge on any atom is -0.306 e. The molecule has 3 rings (SSSR count). The fourth-order valence-electron chi connectivity index (χ4n) is 2.14. The van der Waals surface area contributed by atoms with Crippen LogP contribution in [0.2, 0.25) is 0 Å². The molecule has 19 heavy (non-hydrogen) atoms. The van der Waals surface area contributed by atoms with E-state index in [4.69, 9.17) is 0 Å². The molecule has 1 atom stereocenters. The Hall–Kier alpha value is -1.23. The van der Waals surface area contributed by atoms with Crippen LogP contribution in [0.5, 0.6) is 0 Å². The summed E-state index contributed by atoms with van der Waals surface area (Å²) in [5, 5.41) is 5.78. The Morgan fingerprint density at radius 3 is 3.00 bits per heavy atom. The number of rotatable bonds is 5. The minimum absolute atomic E-state index is 0.262. The van der Waals surface area contributed by atoms with E-state index in [-0.39, 0.29) is 6.04 Å². The molecule has 0 aliphatic heterocycles. The van der Waals surface area contributed by atoms with Gasteiger partial charge in [-0.3, -0.25) is 4.98 Å². The van der Waals surface area contributed by atoms with Crippen LogP contribution in [0.15, 0.2) is 42.0 Å². The Morgan fingerprint density at radius 2 is 2.26 bits per heavy atom. The van der Waals surface area contributed by atoms with Crippen LogP contribution in [-0.2, 0) is 0 Å². The highest BCUT2D eigenvalue weighted by Crippen LogP contribution is 2.35. The van der Waals surface area contributed by atoms with Crippen molar-refractivity contribution in [2.24, 2.45) is 0 Å².